The molecule has 0 aliphatic heterocycles. The summed E-state index contributed by atoms with van der Waals surface area (Å²) in [5.74, 6) is 0.345. The normalized spacial score (nSPS) is 16.8. The Labute approximate surface area is 238 Å². The highest BCUT2D eigenvalue weighted by molar-refractivity contribution is 5.33. The number of halogens is 2. The number of carbonyl (C=O) groups is 1. The number of ether oxygens (including phenoxy) is 1. The second kappa shape index (κ2) is 17.5. The molecule has 3 aromatic rings. The highest BCUT2D eigenvalue weighted by atomic mass is 19.3. The van der Waals surface area contributed by atoms with E-state index in [1.165, 1.54) is 42.4 Å². The summed E-state index contributed by atoms with van der Waals surface area (Å²) in [4.78, 5) is 10.6. The zero-order valence-corrected chi connectivity index (χ0v) is 23.8. The molecular weight excluding hydrogens is 510 g/mol. The molecule has 0 radical (unpaired) electrons. The minimum atomic E-state index is -2.90. The molecule has 0 aromatic heterocycles. The van der Waals surface area contributed by atoms with Crippen LogP contribution >= 0.6 is 0 Å². The summed E-state index contributed by atoms with van der Waals surface area (Å²) in [7, 11) is 0. The van der Waals surface area contributed by atoms with Gasteiger partial charge >= 0.3 is 0 Å². The lowest BCUT2D eigenvalue weighted by atomic mass is 9.82. The zero-order valence-electron chi connectivity index (χ0n) is 23.8. The number of carbonyl (C=O) groups excluding carboxylic acids is 1. The molecule has 1 aliphatic rings. The molecule has 4 rings (SSSR count). The lowest BCUT2D eigenvalue weighted by Gasteiger charge is -2.32. The third kappa shape index (κ3) is 12.8. The van der Waals surface area contributed by atoms with Crippen molar-refractivity contribution in [1.29, 1.82) is 0 Å². The molecule has 218 valence electrons. The Balaban J connectivity index is 0.000000622. The molecule has 0 saturated heterocycles. The summed E-state index contributed by atoms with van der Waals surface area (Å²) < 4.78 is 28.4. The standard InChI is InChI=1S/C29H36N2O.C3H6F2O.CH2O/c1-23-7-9-25(10-8-23)20-31(21-26-13-11-24(19-30)12-14-26)22-27-15-17-29(18-16-27)32-28-5-3-2-4-6-28;1-3(4,5)2-6;1-2/h2-10,15-18,24,26H,11-14,19-22,30H2,1H3;6H,2H2,1H3;1H2. The average molecular weight is 555 g/mol. The van der Waals surface area contributed by atoms with Gasteiger partial charge in [-0.05, 0) is 86.4 Å². The number of alkyl halides is 2. The maximum absolute atomic E-state index is 11.2. The second-order valence-electron chi connectivity index (χ2n) is 10.6. The van der Waals surface area contributed by atoms with Gasteiger partial charge in [0.15, 0.2) is 0 Å². The van der Waals surface area contributed by atoms with Crippen LogP contribution in [0.1, 0.15) is 49.3 Å². The van der Waals surface area contributed by atoms with Crippen molar-refractivity contribution in [3.05, 3.63) is 95.6 Å². The first-order chi connectivity index (χ1) is 19.2. The highest BCUT2D eigenvalue weighted by Gasteiger charge is 2.22. The SMILES string of the molecule is C=O.CC(F)(F)CO.Cc1ccc(CN(Cc2ccc(Oc3ccccc3)cc2)CC2CCC(CN)CC2)cc1. The van der Waals surface area contributed by atoms with E-state index in [0.717, 1.165) is 49.5 Å². The molecule has 0 unspecified atom stereocenters. The monoisotopic (exact) mass is 554 g/mol. The first-order valence-electron chi connectivity index (χ1n) is 13.8. The Kier molecular flexibility index (Phi) is 14.5. The fraction of sp³-hybridized carbons (Fsp3) is 0.424. The Morgan fingerprint density at radius 2 is 1.30 bits per heavy atom. The number of rotatable bonds is 10. The van der Waals surface area contributed by atoms with Crippen molar-refractivity contribution in [1.82, 2.24) is 4.90 Å². The van der Waals surface area contributed by atoms with Crippen LogP contribution < -0.4 is 10.5 Å². The molecule has 0 bridgehead atoms. The molecular formula is C33H44F2N2O3. The number of aliphatic hydroxyl groups is 1. The van der Waals surface area contributed by atoms with E-state index in [4.69, 9.17) is 20.4 Å². The van der Waals surface area contributed by atoms with Crippen molar-refractivity contribution in [2.24, 2.45) is 17.6 Å². The van der Waals surface area contributed by atoms with Crippen LogP contribution in [0.3, 0.4) is 0 Å². The Morgan fingerprint density at radius 3 is 1.77 bits per heavy atom. The van der Waals surface area contributed by atoms with Gasteiger partial charge in [0.2, 0.25) is 0 Å². The molecule has 3 aromatic carbocycles. The van der Waals surface area contributed by atoms with Crippen molar-refractivity contribution in [2.45, 2.75) is 58.5 Å². The first-order valence-corrected chi connectivity index (χ1v) is 13.8. The predicted octanol–water partition coefficient (Wildman–Crippen LogP) is 7.00. The van der Waals surface area contributed by atoms with E-state index in [9.17, 15) is 8.78 Å². The maximum atomic E-state index is 11.2. The van der Waals surface area contributed by atoms with Crippen LogP contribution in [0.5, 0.6) is 11.5 Å². The van der Waals surface area contributed by atoms with E-state index in [1.807, 2.05) is 37.1 Å². The summed E-state index contributed by atoms with van der Waals surface area (Å²) >= 11 is 0. The van der Waals surface area contributed by atoms with Crippen molar-refractivity contribution in [3.8, 4) is 11.5 Å². The number of para-hydroxylation sites is 1. The Bertz CT molecular complexity index is 1070. The number of hydrogen-bond acceptors (Lipinski definition) is 5. The Hall–Kier alpha value is -3.13. The van der Waals surface area contributed by atoms with Crippen molar-refractivity contribution >= 4 is 6.79 Å². The molecule has 3 N–H and O–H groups in total. The number of nitrogens with zero attached hydrogens (tertiary/aromatic N) is 1. The van der Waals surface area contributed by atoms with Gasteiger partial charge in [-0.25, -0.2) is 8.78 Å². The van der Waals surface area contributed by atoms with Gasteiger partial charge < -0.3 is 20.4 Å². The van der Waals surface area contributed by atoms with E-state index in [-0.39, 0.29) is 0 Å². The molecule has 1 saturated carbocycles. The largest absolute Gasteiger partial charge is 0.457 e. The van der Waals surface area contributed by atoms with Crippen molar-refractivity contribution in [2.75, 3.05) is 19.7 Å². The molecule has 0 amide bonds. The molecule has 1 fully saturated rings. The highest BCUT2D eigenvalue weighted by Crippen LogP contribution is 2.30. The fourth-order valence-corrected chi connectivity index (χ4v) is 4.70. The van der Waals surface area contributed by atoms with Gasteiger partial charge in [0.25, 0.3) is 5.92 Å². The maximum Gasteiger partial charge on any atom is 0.267 e. The van der Waals surface area contributed by atoms with Gasteiger partial charge in [0.05, 0.1) is 0 Å². The van der Waals surface area contributed by atoms with Gasteiger partial charge in [0, 0.05) is 26.6 Å². The van der Waals surface area contributed by atoms with Gasteiger partial charge in [-0.2, -0.15) is 0 Å². The van der Waals surface area contributed by atoms with Crippen molar-refractivity contribution in [3.63, 3.8) is 0 Å². The third-order valence-corrected chi connectivity index (χ3v) is 6.93. The minimum Gasteiger partial charge on any atom is -0.457 e. The molecule has 0 atom stereocenters. The molecule has 7 heteroatoms. The average Bonchev–Trinajstić information content (AvgIpc) is 2.97. The molecule has 1 aliphatic carbocycles. The third-order valence-electron chi connectivity index (χ3n) is 6.93. The van der Waals surface area contributed by atoms with Crippen LogP contribution in [0, 0.1) is 18.8 Å². The number of aryl methyl sites for hydroxylation is 1. The van der Waals surface area contributed by atoms with Gasteiger partial charge in [0.1, 0.15) is 24.9 Å². The lowest BCUT2D eigenvalue weighted by molar-refractivity contribution is -0.0980. The number of benzene rings is 3. The number of hydrogen-bond donors (Lipinski definition) is 2. The summed E-state index contributed by atoms with van der Waals surface area (Å²) in [6.45, 7) is 7.68. The van der Waals surface area contributed by atoms with E-state index in [0.29, 0.717) is 6.92 Å². The summed E-state index contributed by atoms with van der Waals surface area (Å²) in [6, 6.07) is 27.5. The first kappa shape index (κ1) is 33.1. The fourth-order valence-electron chi connectivity index (χ4n) is 4.70. The lowest BCUT2D eigenvalue weighted by Crippen LogP contribution is -2.32. The van der Waals surface area contributed by atoms with Crippen LogP contribution in [0.15, 0.2) is 78.9 Å². The minimum absolute atomic E-state index is 0.660. The smallest absolute Gasteiger partial charge is 0.267 e. The molecule has 0 heterocycles. The summed E-state index contributed by atoms with van der Waals surface area (Å²) in [6.07, 6.45) is 5.17. The van der Waals surface area contributed by atoms with Crippen LogP contribution in [-0.4, -0.2) is 42.4 Å². The topological polar surface area (TPSA) is 75.8 Å². The van der Waals surface area contributed by atoms with E-state index in [1.54, 1.807) is 0 Å². The van der Waals surface area contributed by atoms with Crippen molar-refractivity contribution < 1.29 is 23.4 Å². The quantitative estimate of drug-likeness (QED) is 0.282. The van der Waals surface area contributed by atoms with Crippen LogP contribution in [-0.2, 0) is 17.9 Å². The number of aliphatic hydroxyl groups excluding tert-OH is 1. The predicted molar refractivity (Wildman–Crippen MR) is 158 cm³/mol. The van der Waals surface area contributed by atoms with Gasteiger partial charge in [-0.15, -0.1) is 0 Å². The van der Waals surface area contributed by atoms with Crippen LogP contribution in [0.4, 0.5) is 8.78 Å². The van der Waals surface area contributed by atoms with E-state index >= 15 is 0 Å². The Morgan fingerprint density at radius 1 is 0.850 bits per heavy atom. The summed E-state index contributed by atoms with van der Waals surface area (Å²) in [5, 5.41) is 7.65. The van der Waals surface area contributed by atoms with E-state index in [2.05, 4.69) is 60.4 Å². The molecule has 5 nitrogen and oxygen atoms in total. The zero-order chi connectivity index (χ0) is 29.4. The summed E-state index contributed by atoms with van der Waals surface area (Å²) in [5.41, 5.74) is 9.93. The number of nitrogens with two attached hydrogens (primary N) is 1. The van der Waals surface area contributed by atoms with Gasteiger partial charge in [-0.1, -0.05) is 60.2 Å². The van der Waals surface area contributed by atoms with E-state index < -0.39 is 12.5 Å². The molecule has 0 spiro atoms. The van der Waals surface area contributed by atoms with Crippen LogP contribution in [0.2, 0.25) is 0 Å². The van der Waals surface area contributed by atoms with Gasteiger partial charge in [-0.3, -0.25) is 4.90 Å². The van der Waals surface area contributed by atoms with Crippen LogP contribution in [0.25, 0.3) is 0 Å². The molecule has 40 heavy (non-hydrogen) atoms. The second-order valence-corrected chi connectivity index (χ2v) is 10.6.